The number of carboxylic acid groups (broad SMARTS) is 1. The number of carbonyl (C=O) groups excluding carboxylic acids is 1. The van der Waals surface area contributed by atoms with Gasteiger partial charge in [0.2, 0.25) is 5.91 Å². The van der Waals surface area contributed by atoms with E-state index in [1.165, 1.54) is 0 Å². The maximum absolute atomic E-state index is 11.4. The summed E-state index contributed by atoms with van der Waals surface area (Å²) in [5.41, 5.74) is -0.759. The van der Waals surface area contributed by atoms with Gasteiger partial charge < -0.3 is 10.4 Å². The largest absolute Gasteiger partial charge is 0.476 e. The lowest BCUT2D eigenvalue weighted by atomic mass is 10.4. The van der Waals surface area contributed by atoms with Crippen LogP contribution in [0.5, 0.6) is 0 Å². The number of hydrogen-bond acceptors (Lipinski definition) is 4. The predicted octanol–water partition coefficient (Wildman–Crippen LogP) is -0.780. The second-order valence-electron chi connectivity index (χ2n) is 3.86. The summed E-state index contributed by atoms with van der Waals surface area (Å²) in [6.45, 7) is -0.254. The van der Waals surface area contributed by atoms with Crippen LogP contribution >= 0.6 is 0 Å². The first-order chi connectivity index (χ1) is 8.06. The first-order valence-electron chi connectivity index (χ1n) is 5.17. The Labute approximate surface area is 96.1 Å². The van der Waals surface area contributed by atoms with E-state index >= 15 is 0 Å². The smallest absolute Gasteiger partial charge is 0.356 e. The highest BCUT2D eigenvalue weighted by Crippen LogP contribution is 2.18. The molecule has 0 unspecified atom stereocenters. The van der Waals surface area contributed by atoms with Crippen molar-refractivity contribution in [1.29, 1.82) is 0 Å². The molecule has 7 nitrogen and oxygen atoms in total. The molecule has 1 aromatic rings. The summed E-state index contributed by atoms with van der Waals surface area (Å²) >= 11 is 0. The topological polar surface area (TPSA) is 101 Å². The second kappa shape index (κ2) is 4.36. The molecule has 1 aromatic heterocycles. The number of nitrogens with one attached hydrogen (secondary N) is 1. The number of hydrogen-bond donors (Lipinski definition) is 2. The van der Waals surface area contributed by atoms with Crippen molar-refractivity contribution in [3.05, 3.63) is 28.2 Å². The Hall–Kier alpha value is -2.18. The molecule has 17 heavy (non-hydrogen) atoms. The highest BCUT2D eigenvalue weighted by Gasteiger charge is 2.23. The Bertz CT molecular complexity index is 519. The summed E-state index contributed by atoms with van der Waals surface area (Å²) in [7, 11) is 0. The minimum Gasteiger partial charge on any atom is -0.476 e. The van der Waals surface area contributed by atoms with E-state index in [2.05, 4.69) is 10.4 Å². The third-order valence-corrected chi connectivity index (χ3v) is 2.32. The molecule has 1 amide bonds. The standard InChI is InChI=1S/C10H11N3O4/c14-8(11-6-1-2-6)5-13-9(15)4-3-7(12-13)10(16)17/h3-4,6H,1-2,5H2,(H,11,14)(H,16,17). The van der Waals surface area contributed by atoms with Gasteiger partial charge in [-0.25, -0.2) is 9.48 Å². The van der Waals surface area contributed by atoms with E-state index in [9.17, 15) is 14.4 Å². The zero-order valence-electron chi connectivity index (χ0n) is 8.92. The van der Waals surface area contributed by atoms with Crippen molar-refractivity contribution in [2.45, 2.75) is 25.4 Å². The number of aromatic nitrogens is 2. The molecule has 0 radical (unpaired) electrons. The van der Waals surface area contributed by atoms with Crippen molar-refractivity contribution in [1.82, 2.24) is 15.1 Å². The molecule has 0 atom stereocenters. The molecule has 0 bridgehead atoms. The van der Waals surface area contributed by atoms with E-state index in [1.54, 1.807) is 0 Å². The highest BCUT2D eigenvalue weighted by atomic mass is 16.4. The number of carbonyl (C=O) groups is 2. The molecule has 1 saturated carbocycles. The van der Waals surface area contributed by atoms with Gasteiger partial charge in [-0.15, -0.1) is 0 Å². The second-order valence-corrected chi connectivity index (χ2v) is 3.86. The third-order valence-electron chi connectivity index (χ3n) is 2.32. The lowest BCUT2D eigenvalue weighted by molar-refractivity contribution is -0.122. The summed E-state index contributed by atoms with van der Waals surface area (Å²) in [6.07, 6.45) is 1.90. The number of aromatic carboxylic acids is 1. The van der Waals surface area contributed by atoms with E-state index in [0.29, 0.717) is 0 Å². The summed E-state index contributed by atoms with van der Waals surface area (Å²) in [5, 5.41) is 15.0. The number of amides is 1. The SMILES string of the molecule is O=C(Cn1nc(C(=O)O)ccc1=O)NC1CC1. The van der Waals surface area contributed by atoms with Crippen LogP contribution in [0.4, 0.5) is 0 Å². The average molecular weight is 237 g/mol. The van der Waals surface area contributed by atoms with Gasteiger partial charge in [-0.1, -0.05) is 0 Å². The monoisotopic (exact) mass is 237 g/mol. The Morgan fingerprint density at radius 2 is 2.18 bits per heavy atom. The van der Waals surface area contributed by atoms with Crippen LogP contribution in [0.2, 0.25) is 0 Å². The van der Waals surface area contributed by atoms with Crippen molar-refractivity contribution >= 4 is 11.9 Å². The van der Waals surface area contributed by atoms with Crippen LogP contribution in [0, 0.1) is 0 Å². The molecule has 90 valence electrons. The van der Waals surface area contributed by atoms with Gasteiger partial charge in [0.15, 0.2) is 5.69 Å². The van der Waals surface area contributed by atoms with Crippen molar-refractivity contribution in [3.8, 4) is 0 Å². The zero-order valence-corrected chi connectivity index (χ0v) is 8.92. The van der Waals surface area contributed by atoms with Gasteiger partial charge in [0.05, 0.1) is 0 Å². The van der Waals surface area contributed by atoms with Gasteiger partial charge in [0.1, 0.15) is 6.54 Å². The molecule has 0 saturated heterocycles. The van der Waals surface area contributed by atoms with Crippen molar-refractivity contribution in [3.63, 3.8) is 0 Å². The van der Waals surface area contributed by atoms with E-state index in [1.807, 2.05) is 0 Å². The maximum atomic E-state index is 11.4. The van der Waals surface area contributed by atoms with Gasteiger partial charge in [-0.05, 0) is 18.9 Å². The number of rotatable bonds is 4. The maximum Gasteiger partial charge on any atom is 0.356 e. The average Bonchev–Trinajstić information content (AvgIpc) is 3.04. The minimum atomic E-state index is -1.23. The van der Waals surface area contributed by atoms with E-state index in [-0.39, 0.29) is 24.2 Å². The van der Waals surface area contributed by atoms with Crippen LogP contribution in [0.1, 0.15) is 23.3 Å². The van der Waals surface area contributed by atoms with Gasteiger partial charge in [0.25, 0.3) is 5.56 Å². The Kier molecular flexibility index (Phi) is 2.90. The summed E-state index contributed by atoms with van der Waals surface area (Å²) in [5.74, 6) is -1.56. The molecule has 1 heterocycles. The lowest BCUT2D eigenvalue weighted by Crippen LogP contribution is -2.35. The van der Waals surface area contributed by atoms with E-state index in [0.717, 1.165) is 29.7 Å². The van der Waals surface area contributed by atoms with Crippen molar-refractivity contribution in [2.24, 2.45) is 0 Å². The number of carboxylic acids is 1. The first-order valence-corrected chi connectivity index (χ1v) is 5.17. The van der Waals surface area contributed by atoms with Crippen LogP contribution < -0.4 is 10.9 Å². The van der Waals surface area contributed by atoms with Crippen LogP contribution in [0.25, 0.3) is 0 Å². The summed E-state index contributed by atoms with van der Waals surface area (Å²) in [4.78, 5) is 33.5. The predicted molar refractivity (Wildman–Crippen MR) is 56.6 cm³/mol. The molecular formula is C10H11N3O4. The Morgan fingerprint density at radius 1 is 1.47 bits per heavy atom. The van der Waals surface area contributed by atoms with Gasteiger partial charge >= 0.3 is 5.97 Å². The zero-order chi connectivity index (χ0) is 12.4. The van der Waals surface area contributed by atoms with E-state index in [4.69, 9.17) is 5.11 Å². The molecular weight excluding hydrogens is 226 g/mol. The van der Waals surface area contributed by atoms with Crippen molar-refractivity contribution < 1.29 is 14.7 Å². The van der Waals surface area contributed by atoms with E-state index < -0.39 is 11.5 Å². The van der Waals surface area contributed by atoms with Gasteiger partial charge in [-0.3, -0.25) is 9.59 Å². The molecule has 0 spiro atoms. The lowest BCUT2D eigenvalue weighted by Gasteiger charge is -2.05. The highest BCUT2D eigenvalue weighted by molar-refractivity contribution is 5.85. The summed E-state index contributed by atoms with van der Waals surface area (Å²) < 4.78 is 0.848. The molecule has 1 aliphatic carbocycles. The van der Waals surface area contributed by atoms with Crippen LogP contribution in [-0.4, -0.2) is 32.8 Å². The van der Waals surface area contributed by atoms with Gasteiger partial charge in [-0.2, -0.15) is 5.10 Å². The van der Waals surface area contributed by atoms with Gasteiger partial charge in [0, 0.05) is 12.1 Å². The molecule has 1 aliphatic rings. The molecule has 7 heteroatoms. The van der Waals surface area contributed by atoms with Crippen LogP contribution in [0.3, 0.4) is 0 Å². The minimum absolute atomic E-state index is 0.195. The molecule has 0 aliphatic heterocycles. The fourth-order valence-corrected chi connectivity index (χ4v) is 1.31. The normalized spacial score (nSPS) is 14.4. The molecule has 1 fully saturated rings. The van der Waals surface area contributed by atoms with Crippen LogP contribution in [-0.2, 0) is 11.3 Å². The quantitative estimate of drug-likeness (QED) is 0.715. The molecule has 2 rings (SSSR count). The number of nitrogens with zero attached hydrogens (tertiary/aromatic N) is 2. The third kappa shape index (κ3) is 2.90. The molecule has 2 N–H and O–H groups in total. The fourth-order valence-electron chi connectivity index (χ4n) is 1.31. The van der Waals surface area contributed by atoms with Crippen molar-refractivity contribution in [2.75, 3.05) is 0 Å². The summed E-state index contributed by atoms with van der Waals surface area (Å²) in [6, 6.07) is 2.39. The molecule has 0 aromatic carbocycles. The van der Waals surface area contributed by atoms with Crippen LogP contribution in [0.15, 0.2) is 16.9 Å². The fraction of sp³-hybridized carbons (Fsp3) is 0.400. The Morgan fingerprint density at radius 3 is 2.76 bits per heavy atom. The Balaban J connectivity index is 2.12. The first kappa shape index (κ1) is 11.3.